The molecular formula is C19H23F3N6O2. The molecule has 0 unspecified atom stereocenters. The van der Waals surface area contributed by atoms with Gasteiger partial charge in [0.05, 0.1) is 18.8 Å². The Bertz CT molecular complexity index is 872. The Balaban J connectivity index is 1.47. The van der Waals surface area contributed by atoms with Crippen LogP contribution in [0.15, 0.2) is 30.3 Å². The monoisotopic (exact) mass is 424 g/mol. The summed E-state index contributed by atoms with van der Waals surface area (Å²) in [5.41, 5.74) is -0.756. The zero-order chi connectivity index (χ0) is 21.6. The predicted molar refractivity (Wildman–Crippen MR) is 107 cm³/mol. The van der Waals surface area contributed by atoms with Crippen LogP contribution in [0.2, 0.25) is 0 Å². The van der Waals surface area contributed by atoms with Gasteiger partial charge in [0.2, 0.25) is 0 Å². The molecule has 1 saturated heterocycles. The second-order valence-electron chi connectivity index (χ2n) is 6.64. The van der Waals surface area contributed by atoms with Crippen LogP contribution in [0.1, 0.15) is 11.4 Å². The molecule has 2 heterocycles. The van der Waals surface area contributed by atoms with Gasteiger partial charge >= 0.3 is 12.2 Å². The van der Waals surface area contributed by atoms with E-state index in [-0.39, 0.29) is 12.2 Å². The molecule has 0 bridgehead atoms. The van der Waals surface area contributed by atoms with Crippen LogP contribution in [0.3, 0.4) is 0 Å². The molecule has 8 nitrogen and oxygen atoms in total. The molecule has 0 atom stereocenters. The number of nitrogens with one attached hydrogen (secondary N) is 3. The summed E-state index contributed by atoms with van der Waals surface area (Å²) >= 11 is 0. The van der Waals surface area contributed by atoms with Crippen molar-refractivity contribution in [3.63, 3.8) is 0 Å². The molecular weight excluding hydrogens is 401 g/mol. The Kier molecular flexibility index (Phi) is 6.93. The fourth-order valence-corrected chi connectivity index (χ4v) is 2.91. The van der Waals surface area contributed by atoms with Gasteiger partial charge in [0.15, 0.2) is 0 Å². The summed E-state index contributed by atoms with van der Waals surface area (Å²) in [4.78, 5) is 22.8. The lowest BCUT2D eigenvalue weighted by Gasteiger charge is -2.28. The number of anilines is 3. The summed E-state index contributed by atoms with van der Waals surface area (Å²) in [6, 6.07) is 5.70. The van der Waals surface area contributed by atoms with Crippen molar-refractivity contribution in [2.75, 3.05) is 54.9 Å². The number of hydrogen-bond donors (Lipinski definition) is 3. The van der Waals surface area contributed by atoms with Crippen molar-refractivity contribution in [3.05, 3.63) is 41.7 Å². The summed E-state index contributed by atoms with van der Waals surface area (Å²) in [6.07, 6.45) is -4.46. The third-order valence-electron chi connectivity index (χ3n) is 4.32. The van der Waals surface area contributed by atoms with E-state index in [1.165, 1.54) is 12.1 Å². The van der Waals surface area contributed by atoms with Gasteiger partial charge in [-0.2, -0.15) is 13.2 Å². The van der Waals surface area contributed by atoms with Crippen molar-refractivity contribution in [1.82, 2.24) is 15.3 Å². The third kappa shape index (κ3) is 6.21. The molecule has 2 aromatic rings. The highest BCUT2D eigenvalue weighted by Gasteiger charge is 2.30. The first-order valence-corrected chi connectivity index (χ1v) is 9.45. The van der Waals surface area contributed by atoms with Gasteiger partial charge in [0, 0.05) is 37.9 Å². The minimum absolute atomic E-state index is 0.0665. The number of nitrogens with zero attached hydrogens (tertiary/aromatic N) is 3. The van der Waals surface area contributed by atoms with Crippen molar-refractivity contribution >= 4 is 23.4 Å². The second-order valence-corrected chi connectivity index (χ2v) is 6.64. The summed E-state index contributed by atoms with van der Waals surface area (Å²) in [5, 5.41) is 8.09. The van der Waals surface area contributed by atoms with Gasteiger partial charge in [-0.1, -0.05) is 6.07 Å². The zero-order valence-corrected chi connectivity index (χ0v) is 16.4. The maximum Gasteiger partial charge on any atom is 0.416 e. The normalized spacial score (nSPS) is 14.3. The molecule has 1 aliphatic rings. The SMILES string of the molecule is Cc1nc(NCCNC(=O)Nc2cccc(C(F)(F)F)c2)cc(N2CCOCC2)n1. The lowest BCUT2D eigenvalue weighted by atomic mass is 10.2. The van der Waals surface area contributed by atoms with Crippen LogP contribution in [0.25, 0.3) is 0 Å². The molecule has 1 aromatic heterocycles. The van der Waals surface area contributed by atoms with E-state index in [1.54, 1.807) is 6.92 Å². The van der Waals surface area contributed by atoms with Crippen molar-refractivity contribution in [3.8, 4) is 0 Å². The van der Waals surface area contributed by atoms with Crippen molar-refractivity contribution in [2.45, 2.75) is 13.1 Å². The first-order chi connectivity index (χ1) is 14.3. The summed E-state index contributed by atoms with van der Waals surface area (Å²) in [7, 11) is 0. The van der Waals surface area contributed by atoms with Crippen LogP contribution in [-0.4, -0.2) is 55.4 Å². The molecule has 3 rings (SSSR count). The first kappa shape index (κ1) is 21.6. The van der Waals surface area contributed by atoms with Crippen LogP contribution in [0.4, 0.5) is 35.3 Å². The van der Waals surface area contributed by atoms with Gasteiger partial charge in [-0.05, 0) is 25.1 Å². The first-order valence-electron chi connectivity index (χ1n) is 9.45. The molecule has 2 amide bonds. The Labute approximate surface area is 171 Å². The topological polar surface area (TPSA) is 91.4 Å². The molecule has 30 heavy (non-hydrogen) atoms. The van der Waals surface area contributed by atoms with Gasteiger partial charge < -0.3 is 25.6 Å². The van der Waals surface area contributed by atoms with E-state index in [0.717, 1.165) is 31.0 Å². The van der Waals surface area contributed by atoms with Crippen molar-refractivity contribution < 1.29 is 22.7 Å². The summed E-state index contributed by atoms with van der Waals surface area (Å²) in [6.45, 7) is 5.25. The number of ether oxygens (including phenoxy) is 1. The number of hydrogen-bond acceptors (Lipinski definition) is 6. The Morgan fingerprint density at radius 3 is 2.67 bits per heavy atom. The number of rotatable bonds is 6. The average Bonchev–Trinajstić information content (AvgIpc) is 2.71. The van der Waals surface area contributed by atoms with Gasteiger partial charge in [-0.3, -0.25) is 0 Å². The molecule has 1 aromatic carbocycles. The maximum atomic E-state index is 12.7. The molecule has 0 aliphatic carbocycles. The molecule has 1 aliphatic heterocycles. The number of benzene rings is 1. The molecule has 0 saturated carbocycles. The number of morpholine rings is 1. The Morgan fingerprint density at radius 1 is 1.17 bits per heavy atom. The smallest absolute Gasteiger partial charge is 0.378 e. The third-order valence-corrected chi connectivity index (χ3v) is 4.32. The lowest BCUT2D eigenvalue weighted by Crippen LogP contribution is -2.37. The van der Waals surface area contributed by atoms with Gasteiger partial charge in [0.25, 0.3) is 0 Å². The highest BCUT2D eigenvalue weighted by Crippen LogP contribution is 2.30. The van der Waals surface area contributed by atoms with Crippen molar-refractivity contribution in [1.29, 1.82) is 0 Å². The van der Waals surface area contributed by atoms with E-state index in [4.69, 9.17) is 4.74 Å². The standard InChI is InChI=1S/C19H23F3N6O2/c1-13-25-16(12-17(26-13)28-7-9-30-10-8-28)23-5-6-24-18(29)27-15-4-2-3-14(11-15)19(20,21)22/h2-4,11-12H,5-10H2,1H3,(H,23,25,26)(H2,24,27,29). The molecule has 0 spiro atoms. The number of aryl methyl sites for hydroxylation is 1. The van der Waals surface area contributed by atoms with Gasteiger partial charge in [0.1, 0.15) is 17.5 Å². The summed E-state index contributed by atoms with van der Waals surface area (Å²) < 4.78 is 43.5. The number of amides is 2. The number of carbonyl (C=O) groups excluding carboxylic acids is 1. The lowest BCUT2D eigenvalue weighted by molar-refractivity contribution is -0.137. The van der Waals surface area contributed by atoms with Crippen LogP contribution in [-0.2, 0) is 10.9 Å². The minimum Gasteiger partial charge on any atom is -0.378 e. The highest BCUT2D eigenvalue weighted by atomic mass is 19.4. The van der Waals surface area contributed by atoms with Crippen LogP contribution >= 0.6 is 0 Å². The molecule has 162 valence electrons. The van der Waals surface area contributed by atoms with E-state index >= 15 is 0 Å². The Hall–Kier alpha value is -3.08. The van der Waals surface area contributed by atoms with E-state index in [0.29, 0.717) is 31.4 Å². The number of carbonyl (C=O) groups is 1. The predicted octanol–water partition coefficient (Wildman–Crippen LogP) is 2.87. The van der Waals surface area contributed by atoms with Gasteiger partial charge in [-0.15, -0.1) is 0 Å². The maximum absolute atomic E-state index is 12.7. The van der Waals surface area contributed by atoms with Crippen LogP contribution in [0, 0.1) is 6.92 Å². The number of aromatic nitrogens is 2. The molecule has 0 radical (unpaired) electrons. The van der Waals surface area contributed by atoms with Gasteiger partial charge in [-0.25, -0.2) is 14.8 Å². The minimum atomic E-state index is -4.46. The van der Waals surface area contributed by atoms with E-state index < -0.39 is 17.8 Å². The highest BCUT2D eigenvalue weighted by molar-refractivity contribution is 5.89. The number of halogens is 3. The average molecular weight is 424 g/mol. The molecule has 3 N–H and O–H groups in total. The van der Waals surface area contributed by atoms with E-state index in [2.05, 4.69) is 30.8 Å². The quantitative estimate of drug-likeness (QED) is 0.618. The molecule has 1 fully saturated rings. The largest absolute Gasteiger partial charge is 0.416 e. The number of alkyl halides is 3. The van der Waals surface area contributed by atoms with E-state index in [9.17, 15) is 18.0 Å². The fourth-order valence-electron chi connectivity index (χ4n) is 2.91. The zero-order valence-electron chi connectivity index (χ0n) is 16.4. The molecule has 11 heteroatoms. The summed E-state index contributed by atoms with van der Waals surface area (Å²) in [5.74, 6) is 2.06. The van der Waals surface area contributed by atoms with Crippen LogP contribution < -0.4 is 20.9 Å². The second kappa shape index (κ2) is 9.61. The van der Waals surface area contributed by atoms with E-state index in [1.807, 2.05) is 6.07 Å². The fraction of sp³-hybridized carbons (Fsp3) is 0.421. The van der Waals surface area contributed by atoms with Crippen LogP contribution in [0.5, 0.6) is 0 Å². The number of urea groups is 1. The van der Waals surface area contributed by atoms with Crippen molar-refractivity contribution in [2.24, 2.45) is 0 Å². The Morgan fingerprint density at radius 2 is 1.93 bits per heavy atom.